The minimum absolute atomic E-state index is 0.314. The number of benzene rings is 2. The summed E-state index contributed by atoms with van der Waals surface area (Å²) in [5.74, 6) is 1.02. The fraction of sp³-hybridized carbons (Fsp3) is 0.346. The number of aromatic nitrogens is 4. The van der Waals surface area contributed by atoms with Gasteiger partial charge < -0.3 is 14.8 Å². The van der Waals surface area contributed by atoms with Crippen molar-refractivity contribution in [1.82, 2.24) is 25.6 Å². The molecule has 0 bridgehead atoms. The molecule has 182 valence electrons. The zero-order chi connectivity index (χ0) is 25.2. The Morgan fingerprint density at radius 2 is 1.20 bits per heavy atom. The number of nitrogens with two attached hydrogens (primary N) is 1. The van der Waals surface area contributed by atoms with Gasteiger partial charge >= 0.3 is 0 Å². The van der Waals surface area contributed by atoms with Gasteiger partial charge in [0, 0.05) is 11.1 Å². The molecule has 0 spiro atoms. The number of amides is 1. The Bertz CT molecular complexity index is 1280. The van der Waals surface area contributed by atoms with Crippen LogP contribution in [0.2, 0.25) is 0 Å². The number of hydrogen-bond acceptors (Lipinski definition) is 8. The van der Waals surface area contributed by atoms with Crippen molar-refractivity contribution in [1.29, 1.82) is 0 Å². The summed E-state index contributed by atoms with van der Waals surface area (Å²) in [6.07, 6.45) is 0. The molecule has 0 saturated carbocycles. The van der Waals surface area contributed by atoms with E-state index in [0.717, 1.165) is 11.1 Å². The minimum Gasteiger partial charge on any atom is -0.369 e. The summed E-state index contributed by atoms with van der Waals surface area (Å²) < 4.78 is 11.1. The van der Waals surface area contributed by atoms with Gasteiger partial charge in [-0.3, -0.25) is 10.1 Å². The third-order valence-electron chi connectivity index (χ3n) is 6.00. The number of carbonyl (C=O) groups excluding carboxylic acids is 1. The first-order chi connectivity index (χ1) is 16.6. The summed E-state index contributed by atoms with van der Waals surface area (Å²) in [7, 11) is 0. The van der Waals surface area contributed by atoms with E-state index in [-0.39, 0.29) is 5.41 Å². The molecule has 3 N–H and O–H groups in total. The van der Waals surface area contributed by atoms with Crippen LogP contribution in [0.5, 0.6) is 0 Å². The van der Waals surface area contributed by atoms with E-state index in [1.165, 1.54) is 0 Å². The van der Waals surface area contributed by atoms with Crippen molar-refractivity contribution in [2.75, 3.05) is 0 Å². The molecule has 2 heterocycles. The van der Waals surface area contributed by atoms with Gasteiger partial charge in [-0.1, -0.05) is 67.5 Å². The largest absolute Gasteiger partial charge is 0.369 e. The van der Waals surface area contributed by atoms with Crippen molar-refractivity contribution < 1.29 is 13.8 Å². The molecular formula is C26H30N6O3. The lowest BCUT2D eigenvalue weighted by Crippen LogP contribution is -2.47. The van der Waals surface area contributed by atoms with Crippen molar-refractivity contribution >= 4 is 5.91 Å². The van der Waals surface area contributed by atoms with E-state index in [1.807, 2.05) is 81.4 Å². The van der Waals surface area contributed by atoms with Crippen molar-refractivity contribution in [3.05, 3.63) is 72.3 Å². The number of rotatable bonds is 8. The summed E-state index contributed by atoms with van der Waals surface area (Å²) in [5, 5.41) is 12.0. The summed E-state index contributed by atoms with van der Waals surface area (Å²) in [6.45, 7) is 9.63. The van der Waals surface area contributed by atoms with Crippen molar-refractivity contribution in [2.45, 2.75) is 46.7 Å². The fourth-order valence-electron chi connectivity index (χ4n) is 3.73. The molecule has 2 atom stereocenters. The zero-order valence-corrected chi connectivity index (χ0v) is 20.5. The molecule has 1 amide bonds. The van der Waals surface area contributed by atoms with Gasteiger partial charge in [-0.25, -0.2) is 0 Å². The fourth-order valence-corrected chi connectivity index (χ4v) is 3.73. The Hall–Kier alpha value is -3.85. The second kappa shape index (κ2) is 9.42. The maximum atomic E-state index is 12.5. The van der Waals surface area contributed by atoms with E-state index in [9.17, 15) is 4.79 Å². The smallest absolute Gasteiger partial charge is 0.257 e. The van der Waals surface area contributed by atoms with Crippen LogP contribution in [0.3, 0.4) is 0 Å². The van der Waals surface area contributed by atoms with E-state index in [2.05, 4.69) is 25.6 Å². The number of nitrogens with one attached hydrogen (secondary N) is 1. The number of carbonyl (C=O) groups is 1. The molecule has 0 unspecified atom stereocenters. The van der Waals surface area contributed by atoms with E-state index < -0.39 is 23.4 Å². The molecule has 2 aromatic heterocycles. The zero-order valence-electron chi connectivity index (χ0n) is 20.5. The third-order valence-corrected chi connectivity index (χ3v) is 6.00. The summed E-state index contributed by atoms with van der Waals surface area (Å²) in [6, 6.07) is 17.9. The lowest BCUT2D eigenvalue weighted by molar-refractivity contribution is -0.128. The van der Waals surface area contributed by atoms with E-state index in [0.29, 0.717) is 23.4 Å². The van der Waals surface area contributed by atoms with Gasteiger partial charge in [-0.2, -0.15) is 9.97 Å². The summed E-state index contributed by atoms with van der Waals surface area (Å²) in [4.78, 5) is 21.8. The lowest BCUT2D eigenvalue weighted by Gasteiger charge is -2.37. The molecule has 35 heavy (non-hydrogen) atoms. The molecule has 0 aliphatic carbocycles. The predicted octanol–water partition coefficient (Wildman–Crippen LogP) is 4.72. The van der Waals surface area contributed by atoms with E-state index >= 15 is 0 Å². The lowest BCUT2D eigenvalue weighted by atomic mass is 9.79. The van der Waals surface area contributed by atoms with Crippen LogP contribution in [0, 0.1) is 10.8 Å². The number of nitrogens with zero attached hydrogens (tertiary/aromatic N) is 4. The van der Waals surface area contributed by atoms with Crippen LogP contribution in [0.15, 0.2) is 69.7 Å². The number of primary amides is 1. The maximum absolute atomic E-state index is 12.5. The van der Waals surface area contributed by atoms with Crippen LogP contribution < -0.4 is 11.1 Å². The number of hydrogen-bond donors (Lipinski definition) is 2. The molecule has 0 aliphatic heterocycles. The molecule has 0 fully saturated rings. The van der Waals surface area contributed by atoms with Crippen LogP contribution in [0.1, 0.15) is 58.4 Å². The molecular weight excluding hydrogens is 444 g/mol. The molecule has 4 rings (SSSR count). The average molecular weight is 475 g/mol. The highest BCUT2D eigenvalue weighted by molar-refractivity contribution is 5.81. The van der Waals surface area contributed by atoms with Crippen LogP contribution in [0.25, 0.3) is 22.9 Å². The second-order valence-electron chi connectivity index (χ2n) is 10.1. The Morgan fingerprint density at radius 3 is 1.60 bits per heavy atom. The van der Waals surface area contributed by atoms with Crippen molar-refractivity contribution in [3.8, 4) is 22.9 Å². The van der Waals surface area contributed by atoms with Crippen molar-refractivity contribution in [2.24, 2.45) is 16.6 Å². The highest BCUT2D eigenvalue weighted by atomic mass is 16.5. The molecule has 0 saturated heterocycles. The monoisotopic (exact) mass is 474 g/mol. The summed E-state index contributed by atoms with van der Waals surface area (Å²) >= 11 is 0. The van der Waals surface area contributed by atoms with Gasteiger partial charge in [-0.05, 0) is 43.5 Å². The Labute approximate surface area is 204 Å². The molecule has 0 radical (unpaired) electrons. The minimum atomic E-state index is -1.06. The molecule has 2 aromatic carbocycles. The van der Waals surface area contributed by atoms with Gasteiger partial charge in [0.25, 0.3) is 11.8 Å². The van der Waals surface area contributed by atoms with Crippen LogP contribution in [-0.4, -0.2) is 26.2 Å². The summed E-state index contributed by atoms with van der Waals surface area (Å²) in [5.41, 5.74) is 5.98. The standard InChI is InChI=1S/C26H30N6O3/c1-25(2,3)18(20-29-22(34-31-20)16-12-8-6-9-13-16)28-19(26(4,5)24(27)33)21-30-23(35-32-21)17-14-10-7-11-15-17/h6-15,18-19,28H,1-5H3,(H2,27,33)/t18-,19-/m1/s1. The topological polar surface area (TPSA) is 133 Å². The normalized spacial score (nSPS) is 14.0. The Morgan fingerprint density at radius 1 is 0.771 bits per heavy atom. The second-order valence-corrected chi connectivity index (χ2v) is 10.1. The SMILES string of the molecule is CC(C)(C)[C@H](N[C@H](c1noc(-c2ccccc2)n1)C(C)(C)C(N)=O)c1noc(-c2ccccc2)n1. The van der Waals surface area contributed by atoms with Gasteiger partial charge in [0.15, 0.2) is 11.6 Å². The van der Waals surface area contributed by atoms with Crippen molar-refractivity contribution in [3.63, 3.8) is 0 Å². The van der Waals surface area contributed by atoms with Crippen LogP contribution in [0.4, 0.5) is 0 Å². The maximum Gasteiger partial charge on any atom is 0.257 e. The molecule has 0 aliphatic rings. The first-order valence-corrected chi connectivity index (χ1v) is 11.4. The first kappa shape index (κ1) is 24.3. The van der Waals surface area contributed by atoms with Gasteiger partial charge in [0.2, 0.25) is 5.91 Å². The van der Waals surface area contributed by atoms with Gasteiger partial charge in [0.1, 0.15) is 0 Å². The van der Waals surface area contributed by atoms with E-state index in [4.69, 9.17) is 14.8 Å². The molecule has 4 aromatic rings. The molecule has 9 nitrogen and oxygen atoms in total. The molecule has 9 heteroatoms. The quantitative estimate of drug-likeness (QED) is 0.375. The average Bonchev–Trinajstić information content (AvgIpc) is 3.50. The Kier molecular flexibility index (Phi) is 6.53. The van der Waals surface area contributed by atoms with E-state index in [1.54, 1.807) is 13.8 Å². The third kappa shape index (κ3) is 5.14. The Balaban J connectivity index is 1.72. The highest BCUT2D eigenvalue weighted by Crippen LogP contribution is 2.40. The first-order valence-electron chi connectivity index (χ1n) is 11.4. The van der Waals surface area contributed by atoms with Gasteiger partial charge in [-0.15, -0.1) is 0 Å². The van der Waals surface area contributed by atoms with Crippen LogP contribution in [-0.2, 0) is 4.79 Å². The highest BCUT2D eigenvalue weighted by Gasteiger charge is 2.43. The van der Waals surface area contributed by atoms with Gasteiger partial charge in [0.05, 0.1) is 17.5 Å². The predicted molar refractivity (Wildman–Crippen MR) is 131 cm³/mol. The van der Waals surface area contributed by atoms with Crippen LogP contribution >= 0.6 is 0 Å².